The summed E-state index contributed by atoms with van der Waals surface area (Å²) in [7, 11) is 0. The van der Waals surface area contributed by atoms with Gasteiger partial charge in [-0.1, -0.05) is 0 Å². The molecule has 18 heavy (non-hydrogen) atoms. The minimum Gasteiger partial charge on any atom is -0.388 e. The second kappa shape index (κ2) is 4.65. The first-order chi connectivity index (χ1) is 8.40. The number of carbonyl (C=O) groups is 1. The molecular formula is C13H15F2NO2. The lowest BCUT2D eigenvalue weighted by atomic mass is 10.0. The van der Waals surface area contributed by atoms with Gasteiger partial charge in [0, 0.05) is 12.6 Å². The van der Waals surface area contributed by atoms with E-state index in [9.17, 15) is 18.7 Å². The third kappa shape index (κ3) is 2.85. The van der Waals surface area contributed by atoms with Crippen molar-refractivity contribution >= 4 is 5.91 Å². The van der Waals surface area contributed by atoms with Gasteiger partial charge in [0.05, 0.1) is 11.2 Å². The smallest absolute Gasteiger partial charge is 0.254 e. The van der Waals surface area contributed by atoms with Crippen molar-refractivity contribution in [2.24, 2.45) is 5.92 Å². The van der Waals surface area contributed by atoms with Crippen molar-refractivity contribution in [2.75, 3.05) is 6.54 Å². The number of halogens is 2. The molecule has 1 aliphatic carbocycles. The van der Waals surface area contributed by atoms with Crippen LogP contribution >= 0.6 is 0 Å². The Labute approximate surface area is 104 Å². The molecule has 0 radical (unpaired) electrons. The molecule has 0 spiro atoms. The molecule has 2 N–H and O–H groups in total. The first-order valence-corrected chi connectivity index (χ1v) is 5.86. The van der Waals surface area contributed by atoms with Crippen LogP contribution in [0.5, 0.6) is 0 Å². The molecular weight excluding hydrogens is 240 g/mol. The standard InChI is InChI=1S/C13H15F2NO2/c1-13(18,8-2-3-8)7-16-12(17)10-5-4-9(14)6-11(10)15/h4-6,8,18H,2-3,7H2,1H3,(H,16,17)/t13-/m1/s1. The zero-order chi connectivity index (χ0) is 13.3. The van der Waals surface area contributed by atoms with Gasteiger partial charge in [0.1, 0.15) is 11.6 Å². The van der Waals surface area contributed by atoms with Gasteiger partial charge in [0.2, 0.25) is 0 Å². The summed E-state index contributed by atoms with van der Waals surface area (Å²) in [4.78, 5) is 11.7. The molecule has 0 heterocycles. The molecule has 5 heteroatoms. The molecule has 1 fully saturated rings. The Hall–Kier alpha value is -1.49. The van der Waals surface area contributed by atoms with Crippen LogP contribution < -0.4 is 5.32 Å². The molecule has 0 bridgehead atoms. The summed E-state index contributed by atoms with van der Waals surface area (Å²) in [5.41, 5.74) is -1.19. The van der Waals surface area contributed by atoms with E-state index < -0.39 is 23.1 Å². The third-order valence-corrected chi connectivity index (χ3v) is 3.24. The fourth-order valence-electron chi connectivity index (χ4n) is 1.88. The minimum atomic E-state index is -0.966. The van der Waals surface area contributed by atoms with Crippen molar-refractivity contribution in [3.63, 3.8) is 0 Å². The van der Waals surface area contributed by atoms with Gasteiger partial charge in [-0.05, 0) is 37.8 Å². The summed E-state index contributed by atoms with van der Waals surface area (Å²) in [5.74, 6) is -2.09. The Morgan fingerprint density at radius 1 is 1.50 bits per heavy atom. The van der Waals surface area contributed by atoms with Gasteiger partial charge in [-0.3, -0.25) is 4.79 Å². The molecule has 1 aromatic carbocycles. The van der Waals surface area contributed by atoms with E-state index in [-0.39, 0.29) is 18.0 Å². The second-order valence-electron chi connectivity index (χ2n) is 4.94. The molecule has 0 aromatic heterocycles. The van der Waals surface area contributed by atoms with Crippen LogP contribution in [-0.2, 0) is 0 Å². The Bertz CT molecular complexity index is 470. The fraction of sp³-hybridized carbons (Fsp3) is 0.462. The van der Waals surface area contributed by atoms with Gasteiger partial charge in [-0.15, -0.1) is 0 Å². The van der Waals surface area contributed by atoms with E-state index in [0.717, 1.165) is 25.0 Å². The van der Waals surface area contributed by atoms with E-state index in [1.807, 2.05) is 0 Å². The van der Waals surface area contributed by atoms with Crippen LogP contribution in [0.15, 0.2) is 18.2 Å². The van der Waals surface area contributed by atoms with Crippen LogP contribution in [0.4, 0.5) is 8.78 Å². The number of benzene rings is 1. The SMILES string of the molecule is C[C@@](O)(CNC(=O)c1ccc(F)cc1F)C1CC1. The van der Waals surface area contributed by atoms with Gasteiger partial charge in [0.15, 0.2) is 0 Å². The summed E-state index contributed by atoms with van der Waals surface area (Å²) in [6.07, 6.45) is 1.88. The summed E-state index contributed by atoms with van der Waals surface area (Å²) in [6, 6.07) is 2.77. The lowest BCUT2D eigenvalue weighted by molar-refractivity contribution is 0.0353. The first-order valence-electron chi connectivity index (χ1n) is 5.86. The largest absolute Gasteiger partial charge is 0.388 e. The van der Waals surface area contributed by atoms with Gasteiger partial charge in [0.25, 0.3) is 5.91 Å². The van der Waals surface area contributed by atoms with Crippen LogP contribution in [0.3, 0.4) is 0 Å². The number of hydrogen-bond donors (Lipinski definition) is 2. The van der Waals surface area contributed by atoms with Gasteiger partial charge < -0.3 is 10.4 Å². The van der Waals surface area contributed by atoms with E-state index in [4.69, 9.17) is 0 Å². The van der Waals surface area contributed by atoms with Crippen molar-refractivity contribution in [1.29, 1.82) is 0 Å². The van der Waals surface area contributed by atoms with Crippen molar-refractivity contribution in [2.45, 2.75) is 25.4 Å². The van der Waals surface area contributed by atoms with Crippen LogP contribution in [0.1, 0.15) is 30.1 Å². The quantitative estimate of drug-likeness (QED) is 0.862. The minimum absolute atomic E-state index is 0.0628. The molecule has 1 aliphatic rings. The molecule has 0 saturated heterocycles. The maximum Gasteiger partial charge on any atom is 0.254 e. The number of carbonyl (C=O) groups excluding carboxylic acids is 1. The number of rotatable bonds is 4. The highest BCUT2D eigenvalue weighted by molar-refractivity contribution is 5.94. The third-order valence-electron chi connectivity index (χ3n) is 3.24. The van der Waals surface area contributed by atoms with E-state index >= 15 is 0 Å². The predicted octanol–water partition coefficient (Wildman–Crippen LogP) is 1.86. The van der Waals surface area contributed by atoms with E-state index in [2.05, 4.69) is 5.32 Å². The number of hydrogen-bond acceptors (Lipinski definition) is 2. The van der Waals surface area contributed by atoms with Crippen LogP contribution in [0.2, 0.25) is 0 Å². The normalized spacial score (nSPS) is 18.2. The molecule has 2 rings (SSSR count). The molecule has 0 aliphatic heterocycles. The molecule has 98 valence electrons. The summed E-state index contributed by atoms with van der Waals surface area (Å²) < 4.78 is 26.0. The molecule has 1 aromatic rings. The van der Waals surface area contributed by atoms with Crippen molar-refractivity contribution in [3.8, 4) is 0 Å². The van der Waals surface area contributed by atoms with E-state index in [0.29, 0.717) is 6.07 Å². The summed E-state index contributed by atoms with van der Waals surface area (Å²) >= 11 is 0. The monoisotopic (exact) mass is 255 g/mol. The number of amides is 1. The number of nitrogens with one attached hydrogen (secondary N) is 1. The molecule has 1 atom stereocenters. The lowest BCUT2D eigenvalue weighted by Crippen LogP contribution is -2.42. The van der Waals surface area contributed by atoms with Crippen LogP contribution in [0, 0.1) is 17.6 Å². The highest BCUT2D eigenvalue weighted by atomic mass is 19.1. The zero-order valence-corrected chi connectivity index (χ0v) is 10.0. The van der Waals surface area contributed by atoms with Crippen LogP contribution in [0.25, 0.3) is 0 Å². The molecule has 3 nitrogen and oxygen atoms in total. The average Bonchev–Trinajstić information content (AvgIpc) is 3.10. The van der Waals surface area contributed by atoms with Crippen molar-refractivity contribution in [1.82, 2.24) is 5.32 Å². The predicted molar refractivity (Wildman–Crippen MR) is 62.0 cm³/mol. The van der Waals surface area contributed by atoms with Crippen molar-refractivity contribution < 1.29 is 18.7 Å². The van der Waals surface area contributed by atoms with Gasteiger partial charge in [-0.2, -0.15) is 0 Å². The average molecular weight is 255 g/mol. The highest BCUT2D eigenvalue weighted by Gasteiger charge is 2.40. The molecule has 1 saturated carbocycles. The molecule has 0 unspecified atom stereocenters. The zero-order valence-electron chi connectivity index (χ0n) is 10.0. The Morgan fingerprint density at radius 3 is 2.72 bits per heavy atom. The lowest BCUT2D eigenvalue weighted by Gasteiger charge is -2.23. The van der Waals surface area contributed by atoms with Crippen molar-refractivity contribution in [3.05, 3.63) is 35.4 Å². The summed E-state index contributed by atoms with van der Waals surface area (Å²) in [5, 5.41) is 12.5. The first kappa shape index (κ1) is 13.0. The molecule has 1 amide bonds. The Morgan fingerprint density at radius 2 is 2.17 bits per heavy atom. The van der Waals surface area contributed by atoms with E-state index in [1.54, 1.807) is 6.92 Å². The van der Waals surface area contributed by atoms with Crippen LogP contribution in [-0.4, -0.2) is 23.2 Å². The fourth-order valence-corrected chi connectivity index (χ4v) is 1.88. The topological polar surface area (TPSA) is 49.3 Å². The summed E-state index contributed by atoms with van der Waals surface area (Å²) in [6.45, 7) is 1.71. The number of aliphatic hydroxyl groups is 1. The second-order valence-corrected chi connectivity index (χ2v) is 4.94. The maximum absolute atomic E-state index is 13.3. The maximum atomic E-state index is 13.3. The Balaban J connectivity index is 1.99. The Kier molecular flexibility index (Phi) is 3.34. The highest BCUT2D eigenvalue weighted by Crippen LogP contribution is 2.39. The van der Waals surface area contributed by atoms with Gasteiger partial charge in [-0.25, -0.2) is 8.78 Å². The van der Waals surface area contributed by atoms with Gasteiger partial charge >= 0.3 is 0 Å². The van der Waals surface area contributed by atoms with E-state index in [1.165, 1.54) is 0 Å².